The Balaban J connectivity index is 1.43. The maximum absolute atomic E-state index is 11.6. The van der Waals surface area contributed by atoms with Crippen LogP contribution in [0, 0.1) is 0 Å². The first-order chi connectivity index (χ1) is 16.1. The third kappa shape index (κ3) is 4.82. The average molecular weight is 470 g/mol. The molecule has 11 nitrogen and oxygen atoms in total. The van der Waals surface area contributed by atoms with E-state index >= 15 is 0 Å². The van der Waals surface area contributed by atoms with Gasteiger partial charge < -0.3 is 26.0 Å². The number of urea groups is 1. The number of hydrogen-bond acceptors (Lipinski definition) is 10. The molecule has 4 N–H and O–H groups in total. The summed E-state index contributed by atoms with van der Waals surface area (Å²) < 4.78 is 6.62. The van der Waals surface area contributed by atoms with Gasteiger partial charge in [0.1, 0.15) is 0 Å². The van der Waals surface area contributed by atoms with E-state index in [2.05, 4.69) is 36.5 Å². The predicted octanol–water partition coefficient (Wildman–Crippen LogP) is 1.07. The van der Waals surface area contributed by atoms with E-state index in [1.54, 1.807) is 30.8 Å². The Morgan fingerprint density at radius 2 is 2.03 bits per heavy atom. The summed E-state index contributed by atoms with van der Waals surface area (Å²) in [7, 11) is 1.64. The zero-order valence-corrected chi connectivity index (χ0v) is 19.3. The molecule has 5 rings (SSSR count). The lowest BCUT2D eigenvalue weighted by Gasteiger charge is -2.28. The van der Waals surface area contributed by atoms with Gasteiger partial charge in [0.25, 0.3) is 0 Å². The SMILES string of the molecule is CNC(=O)NC1CCN(Cc2cc3nc(-c4cnc(N)nc4)nc(N4CCOCC4)c3s2)C1. The van der Waals surface area contributed by atoms with Crippen LogP contribution in [-0.2, 0) is 11.3 Å². The van der Waals surface area contributed by atoms with E-state index < -0.39 is 0 Å². The number of ether oxygens (including phenoxy) is 1. The summed E-state index contributed by atoms with van der Waals surface area (Å²) in [5.41, 5.74) is 7.30. The highest BCUT2D eigenvalue weighted by Gasteiger charge is 2.25. The van der Waals surface area contributed by atoms with Gasteiger partial charge in [-0.2, -0.15) is 0 Å². The fourth-order valence-corrected chi connectivity index (χ4v) is 5.34. The van der Waals surface area contributed by atoms with E-state index in [4.69, 9.17) is 20.4 Å². The van der Waals surface area contributed by atoms with Gasteiger partial charge in [-0.3, -0.25) is 4.90 Å². The Kier molecular flexibility index (Phi) is 6.20. The zero-order valence-electron chi connectivity index (χ0n) is 18.5. The number of carbonyl (C=O) groups is 1. The van der Waals surface area contributed by atoms with Crippen molar-refractivity contribution in [3.63, 3.8) is 0 Å². The average Bonchev–Trinajstić information content (AvgIpc) is 3.45. The molecule has 2 aliphatic heterocycles. The quantitative estimate of drug-likeness (QED) is 0.501. The summed E-state index contributed by atoms with van der Waals surface area (Å²) >= 11 is 1.73. The minimum absolute atomic E-state index is 0.131. The Morgan fingerprint density at radius 3 is 2.79 bits per heavy atom. The molecule has 2 saturated heterocycles. The van der Waals surface area contributed by atoms with E-state index in [9.17, 15) is 4.79 Å². The number of anilines is 2. The molecule has 33 heavy (non-hydrogen) atoms. The Morgan fingerprint density at radius 1 is 1.24 bits per heavy atom. The van der Waals surface area contributed by atoms with Gasteiger partial charge in [0.2, 0.25) is 5.95 Å². The number of likely N-dealkylation sites (tertiary alicyclic amines) is 1. The molecule has 0 saturated carbocycles. The topological polar surface area (TPSA) is 134 Å². The second kappa shape index (κ2) is 9.41. The number of amides is 2. The van der Waals surface area contributed by atoms with Crippen LogP contribution in [0.4, 0.5) is 16.6 Å². The first kappa shape index (κ1) is 21.7. The summed E-state index contributed by atoms with van der Waals surface area (Å²) in [6, 6.07) is 2.18. The number of nitrogens with one attached hydrogen (secondary N) is 2. The molecule has 0 bridgehead atoms. The van der Waals surface area contributed by atoms with Crippen LogP contribution < -0.4 is 21.3 Å². The number of carbonyl (C=O) groups excluding carboxylic acids is 1. The van der Waals surface area contributed by atoms with Crippen molar-refractivity contribution in [3.8, 4) is 11.4 Å². The first-order valence-electron chi connectivity index (χ1n) is 11.0. The van der Waals surface area contributed by atoms with Crippen LogP contribution in [-0.4, -0.2) is 83.3 Å². The Labute approximate surface area is 195 Å². The third-order valence-electron chi connectivity index (χ3n) is 5.86. The summed E-state index contributed by atoms with van der Waals surface area (Å²) in [5.74, 6) is 1.73. The molecular formula is C21H27N9O2S. The maximum atomic E-state index is 11.6. The molecule has 2 aliphatic rings. The summed E-state index contributed by atoms with van der Waals surface area (Å²) in [6.45, 7) is 5.52. The van der Waals surface area contributed by atoms with Crippen LogP contribution in [0.2, 0.25) is 0 Å². The molecule has 0 spiro atoms. The number of thiophene rings is 1. The van der Waals surface area contributed by atoms with E-state index in [1.165, 1.54) is 4.88 Å². The first-order valence-corrected chi connectivity index (χ1v) is 11.8. The van der Waals surface area contributed by atoms with Crippen LogP contribution in [0.1, 0.15) is 11.3 Å². The molecule has 0 aliphatic carbocycles. The molecular weight excluding hydrogens is 442 g/mol. The highest BCUT2D eigenvalue weighted by molar-refractivity contribution is 7.19. The number of hydrogen-bond donors (Lipinski definition) is 3. The van der Waals surface area contributed by atoms with Crippen LogP contribution in [0.5, 0.6) is 0 Å². The minimum atomic E-state index is -0.131. The van der Waals surface area contributed by atoms with Gasteiger partial charge in [0, 0.05) is 63.1 Å². The molecule has 3 aromatic heterocycles. The standard InChI is InChI=1S/C21H27N9O2S/c1-23-21(31)26-14-2-3-29(11-14)12-15-8-16-17(33-15)19(30-4-6-32-7-5-30)28-18(27-16)13-9-24-20(22)25-10-13/h8-10,14H,2-7,11-12H2,1H3,(H2,22,24,25)(H2,23,26,31). The van der Waals surface area contributed by atoms with Gasteiger partial charge in [-0.15, -0.1) is 11.3 Å². The van der Waals surface area contributed by atoms with Gasteiger partial charge in [0.05, 0.1) is 29.0 Å². The maximum Gasteiger partial charge on any atom is 0.314 e. The minimum Gasteiger partial charge on any atom is -0.378 e. The van der Waals surface area contributed by atoms with Crippen LogP contribution in [0.15, 0.2) is 18.5 Å². The number of nitrogens with two attached hydrogens (primary N) is 1. The van der Waals surface area contributed by atoms with Crippen LogP contribution in [0.3, 0.4) is 0 Å². The zero-order chi connectivity index (χ0) is 22.8. The van der Waals surface area contributed by atoms with Crippen LogP contribution >= 0.6 is 11.3 Å². The fourth-order valence-electron chi connectivity index (χ4n) is 4.19. The number of aromatic nitrogens is 4. The van der Waals surface area contributed by atoms with Gasteiger partial charge in [-0.05, 0) is 12.5 Å². The normalized spacial score (nSPS) is 19.2. The molecule has 12 heteroatoms. The highest BCUT2D eigenvalue weighted by atomic mass is 32.1. The number of morpholine rings is 1. The molecule has 0 aromatic carbocycles. The summed E-state index contributed by atoms with van der Waals surface area (Å²) in [5, 5.41) is 5.62. The van der Waals surface area contributed by atoms with Crippen molar-refractivity contribution in [3.05, 3.63) is 23.3 Å². The number of fused-ring (bicyclic) bond motifs is 1. The molecule has 1 unspecified atom stereocenters. The van der Waals surface area contributed by atoms with Crippen molar-refractivity contribution >= 4 is 39.4 Å². The second-order valence-electron chi connectivity index (χ2n) is 8.17. The number of rotatable bonds is 5. The Hall–Kier alpha value is -3.09. The van der Waals surface area contributed by atoms with Gasteiger partial charge >= 0.3 is 6.03 Å². The summed E-state index contributed by atoms with van der Waals surface area (Å²) in [6.07, 6.45) is 4.26. The van der Waals surface area contributed by atoms with Crippen molar-refractivity contribution in [1.82, 2.24) is 35.5 Å². The number of nitrogens with zero attached hydrogens (tertiary/aromatic N) is 6. The smallest absolute Gasteiger partial charge is 0.314 e. The van der Waals surface area contributed by atoms with Crippen molar-refractivity contribution in [2.45, 2.75) is 19.0 Å². The van der Waals surface area contributed by atoms with Crippen molar-refractivity contribution in [1.29, 1.82) is 0 Å². The van der Waals surface area contributed by atoms with E-state index in [-0.39, 0.29) is 18.0 Å². The molecule has 1 atom stereocenters. The fraction of sp³-hybridized carbons (Fsp3) is 0.476. The third-order valence-corrected chi connectivity index (χ3v) is 6.96. The largest absolute Gasteiger partial charge is 0.378 e. The van der Waals surface area contributed by atoms with E-state index in [0.717, 1.165) is 60.7 Å². The molecule has 174 valence electrons. The van der Waals surface area contributed by atoms with Gasteiger partial charge in [-0.1, -0.05) is 0 Å². The second-order valence-corrected chi connectivity index (χ2v) is 9.31. The molecule has 2 fully saturated rings. The monoisotopic (exact) mass is 469 g/mol. The Bertz CT molecular complexity index is 1130. The lowest BCUT2D eigenvalue weighted by molar-refractivity contribution is 0.122. The number of nitrogen functional groups attached to an aromatic ring is 1. The van der Waals surface area contributed by atoms with Crippen LogP contribution in [0.25, 0.3) is 21.6 Å². The molecule has 3 aromatic rings. The highest BCUT2D eigenvalue weighted by Crippen LogP contribution is 2.35. The van der Waals surface area contributed by atoms with Crippen molar-refractivity contribution in [2.75, 3.05) is 57.1 Å². The van der Waals surface area contributed by atoms with Crippen molar-refractivity contribution < 1.29 is 9.53 Å². The summed E-state index contributed by atoms with van der Waals surface area (Å²) in [4.78, 5) is 35.4. The predicted molar refractivity (Wildman–Crippen MR) is 127 cm³/mol. The molecule has 0 radical (unpaired) electrons. The van der Waals surface area contributed by atoms with Gasteiger partial charge in [-0.25, -0.2) is 24.7 Å². The van der Waals surface area contributed by atoms with E-state index in [0.29, 0.717) is 19.0 Å². The lowest BCUT2D eigenvalue weighted by Crippen LogP contribution is -2.41. The molecule has 5 heterocycles. The van der Waals surface area contributed by atoms with Gasteiger partial charge in [0.15, 0.2) is 11.6 Å². The van der Waals surface area contributed by atoms with Crippen molar-refractivity contribution in [2.24, 2.45) is 0 Å². The lowest BCUT2D eigenvalue weighted by atomic mass is 10.3. The molecule has 2 amide bonds. The van der Waals surface area contributed by atoms with E-state index in [1.807, 2.05) is 0 Å².